The summed E-state index contributed by atoms with van der Waals surface area (Å²) in [5, 5.41) is 95.1. The van der Waals surface area contributed by atoms with Crippen LogP contribution in [0.15, 0.2) is 0 Å². The van der Waals surface area contributed by atoms with E-state index in [1.807, 2.05) is 0 Å². The van der Waals surface area contributed by atoms with Gasteiger partial charge in [0.25, 0.3) is 0 Å². The molecule has 5 aliphatic heterocycles. The highest BCUT2D eigenvalue weighted by molar-refractivity contribution is 5.87. The first-order valence-corrected chi connectivity index (χ1v) is 23.2. The minimum absolute atomic E-state index is 0.00178. The van der Waals surface area contributed by atoms with Gasteiger partial charge in [-0.15, -0.1) is 0 Å². The molecule has 9 aliphatic rings. The third kappa shape index (κ3) is 7.38. The molecule has 5 heterocycles. The summed E-state index contributed by atoms with van der Waals surface area (Å²) >= 11 is 0. The molecule has 18 nitrogen and oxygen atoms in total. The van der Waals surface area contributed by atoms with Gasteiger partial charge in [0.15, 0.2) is 24.7 Å². The van der Waals surface area contributed by atoms with Crippen LogP contribution in [0.4, 0.5) is 0 Å². The van der Waals surface area contributed by atoms with Gasteiger partial charge in [0.1, 0.15) is 72.9 Å². The Morgan fingerprint density at radius 2 is 1.39 bits per heavy atom. The van der Waals surface area contributed by atoms with E-state index in [0.29, 0.717) is 43.5 Å². The van der Waals surface area contributed by atoms with E-state index in [2.05, 4.69) is 27.7 Å². The Labute approximate surface area is 362 Å². The fraction of sp³-hybridized carbons (Fsp3) is 0.977. The standard InChI is InChI=1S/C44H70O18/c1-18-7-10-44(56-16-18)19(2)30-26(62-44)12-24-22-6-5-20-11-21(8-9-42(20,3)23(22)13-29(48)43(24,30)4)57-41-38(61-40-36(54)34(52)32(50)27(14-45)58-40)37(33(51)28(15-46)59-41)60-39-35(53)31(49)25(47)17-55-39/h18-28,30-41,45-47,49-54H,5-17H2,1-4H3/t18?,19-,20+,21-,22+,23?,24?,25+,26-,27+,28+,30-,31-,32+,33+,34-,35+,36+,37-,38+,39-,40-,41+,42-,43+,44+/m0/s1. The molecule has 9 fully saturated rings. The molecule has 1 spiro atoms. The lowest BCUT2D eigenvalue weighted by Gasteiger charge is -2.61. The second-order valence-electron chi connectivity index (χ2n) is 20.9. The molecule has 354 valence electrons. The fourth-order valence-electron chi connectivity index (χ4n) is 14.1. The van der Waals surface area contributed by atoms with E-state index in [9.17, 15) is 50.8 Å². The first kappa shape index (κ1) is 46.1. The quantitative estimate of drug-likeness (QED) is 0.133. The van der Waals surface area contributed by atoms with Crippen molar-refractivity contribution >= 4 is 5.78 Å². The number of Topliss-reactive ketones (excluding diaryl/α,β-unsaturated/α-hetero) is 1. The van der Waals surface area contributed by atoms with Crippen LogP contribution in [0.5, 0.6) is 0 Å². The Balaban J connectivity index is 0.929. The zero-order valence-electron chi connectivity index (χ0n) is 36.2. The zero-order valence-corrected chi connectivity index (χ0v) is 36.2. The predicted octanol–water partition coefficient (Wildman–Crippen LogP) is -0.915. The van der Waals surface area contributed by atoms with Crippen molar-refractivity contribution in [1.82, 2.24) is 0 Å². The van der Waals surface area contributed by atoms with E-state index in [1.165, 1.54) is 0 Å². The summed E-state index contributed by atoms with van der Waals surface area (Å²) < 4.78 is 49.7. The molecule has 18 heteroatoms. The number of hydrogen-bond acceptors (Lipinski definition) is 18. The third-order valence-corrected chi connectivity index (χ3v) is 17.8. The number of aliphatic hydroxyl groups is 9. The van der Waals surface area contributed by atoms with Crippen molar-refractivity contribution in [2.75, 3.05) is 26.4 Å². The summed E-state index contributed by atoms with van der Waals surface area (Å²) in [7, 11) is 0. The third-order valence-electron chi connectivity index (χ3n) is 17.8. The molecule has 9 rings (SSSR count). The van der Waals surface area contributed by atoms with E-state index in [0.717, 1.165) is 38.5 Å². The van der Waals surface area contributed by atoms with Gasteiger partial charge in [-0.25, -0.2) is 0 Å². The summed E-state index contributed by atoms with van der Waals surface area (Å²) in [6.07, 6.45) is -15.5. The molecule has 0 bridgehead atoms. The highest BCUT2D eigenvalue weighted by Crippen LogP contribution is 2.70. The molecule has 26 atom stereocenters. The van der Waals surface area contributed by atoms with Crippen LogP contribution in [0, 0.1) is 52.3 Å². The number of aliphatic hydroxyl groups excluding tert-OH is 9. The van der Waals surface area contributed by atoms with Crippen LogP contribution in [0.25, 0.3) is 0 Å². The Hall–Kier alpha value is -1.01. The van der Waals surface area contributed by atoms with Gasteiger partial charge in [-0.2, -0.15) is 0 Å². The molecule has 0 aromatic heterocycles. The number of carbonyl (C=O) groups is 1. The number of rotatable bonds is 8. The highest BCUT2D eigenvalue weighted by Gasteiger charge is 2.72. The smallest absolute Gasteiger partial charge is 0.187 e. The van der Waals surface area contributed by atoms with Crippen molar-refractivity contribution < 1.29 is 88.6 Å². The van der Waals surface area contributed by atoms with Crippen LogP contribution in [0.3, 0.4) is 0 Å². The number of hydrogen-bond donors (Lipinski definition) is 9. The van der Waals surface area contributed by atoms with Gasteiger partial charge < -0.3 is 83.9 Å². The molecule has 0 amide bonds. The molecule has 0 aromatic carbocycles. The van der Waals surface area contributed by atoms with Crippen molar-refractivity contribution in [3.63, 3.8) is 0 Å². The number of ether oxygens (including phenoxy) is 8. The van der Waals surface area contributed by atoms with Crippen LogP contribution in [-0.2, 0) is 42.7 Å². The summed E-state index contributed by atoms with van der Waals surface area (Å²) in [5.74, 6) is 1.46. The summed E-state index contributed by atoms with van der Waals surface area (Å²) in [6, 6.07) is 0. The average molecular weight is 887 g/mol. The van der Waals surface area contributed by atoms with E-state index < -0.39 is 123 Å². The molecule has 9 N–H and O–H groups in total. The van der Waals surface area contributed by atoms with Crippen LogP contribution in [0.2, 0.25) is 0 Å². The molecule has 5 saturated heterocycles. The second kappa shape index (κ2) is 17.3. The second-order valence-corrected chi connectivity index (χ2v) is 20.9. The van der Waals surface area contributed by atoms with E-state index in [-0.39, 0.29) is 41.1 Å². The maximum Gasteiger partial charge on any atom is 0.187 e. The SMILES string of the molecule is CC1CC[C@@]2(OC1)O[C@H]1CC3[C@@H]4CC[C@@H]5C[C@@H](O[C@@H]6O[C@H](CO)[C@@H](O)[C@H](O[C@@H]7OC[C@@H](O)[C@H](O)[C@H]7O)[C@H]6O[C@@H]6O[C@H](CO)[C@@H](O)[C@H](O)[C@H]6O)CC[C@]5(C)C4CC(=O)[C@]3(C)[C@H]1[C@@H]2C. The Kier molecular flexibility index (Phi) is 12.8. The van der Waals surface area contributed by atoms with Crippen molar-refractivity contribution in [2.45, 2.75) is 189 Å². The first-order valence-electron chi connectivity index (χ1n) is 23.2. The largest absolute Gasteiger partial charge is 0.394 e. The normalized spacial score (nSPS) is 57.8. The molecule has 0 radical (unpaired) electrons. The van der Waals surface area contributed by atoms with E-state index in [1.54, 1.807) is 0 Å². The van der Waals surface area contributed by atoms with Gasteiger partial charge in [-0.3, -0.25) is 4.79 Å². The van der Waals surface area contributed by atoms with Crippen molar-refractivity contribution in [3.8, 4) is 0 Å². The Morgan fingerprint density at radius 1 is 0.694 bits per heavy atom. The van der Waals surface area contributed by atoms with E-state index in [4.69, 9.17) is 37.9 Å². The zero-order chi connectivity index (χ0) is 44.2. The van der Waals surface area contributed by atoms with Crippen LogP contribution >= 0.6 is 0 Å². The fourth-order valence-corrected chi connectivity index (χ4v) is 14.1. The van der Waals surface area contributed by atoms with Gasteiger partial charge in [0.2, 0.25) is 0 Å². The van der Waals surface area contributed by atoms with Gasteiger partial charge in [-0.05, 0) is 80.0 Å². The van der Waals surface area contributed by atoms with Crippen molar-refractivity contribution in [1.29, 1.82) is 0 Å². The maximum atomic E-state index is 14.7. The topological polar surface area (TPSA) is 273 Å². The minimum atomic E-state index is -1.85. The van der Waals surface area contributed by atoms with Gasteiger partial charge in [-0.1, -0.05) is 27.7 Å². The number of carbonyl (C=O) groups excluding carboxylic acids is 1. The monoisotopic (exact) mass is 886 g/mol. The molecule has 0 aromatic rings. The predicted molar refractivity (Wildman–Crippen MR) is 210 cm³/mol. The molecular formula is C44H70O18. The summed E-state index contributed by atoms with van der Waals surface area (Å²) in [6.45, 7) is 7.84. The van der Waals surface area contributed by atoms with Crippen LogP contribution in [0.1, 0.15) is 85.5 Å². The molecule has 3 unspecified atom stereocenters. The van der Waals surface area contributed by atoms with Crippen LogP contribution in [-0.4, -0.2) is 182 Å². The lowest BCUT2D eigenvalue weighted by atomic mass is 9.44. The highest BCUT2D eigenvalue weighted by atomic mass is 16.8. The van der Waals surface area contributed by atoms with Crippen molar-refractivity contribution in [3.05, 3.63) is 0 Å². The minimum Gasteiger partial charge on any atom is -0.394 e. The lowest BCUT2D eigenvalue weighted by Crippen LogP contribution is -2.67. The summed E-state index contributed by atoms with van der Waals surface area (Å²) in [5.41, 5.74) is -0.620. The van der Waals surface area contributed by atoms with Gasteiger partial charge in [0.05, 0.1) is 38.6 Å². The number of ketones is 1. The molecular weight excluding hydrogens is 816 g/mol. The lowest BCUT2D eigenvalue weighted by molar-refractivity contribution is -0.392. The van der Waals surface area contributed by atoms with E-state index >= 15 is 0 Å². The average Bonchev–Trinajstić information content (AvgIpc) is 3.70. The van der Waals surface area contributed by atoms with Gasteiger partial charge in [0, 0.05) is 30.1 Å². The van der Waals surface area contributed by atoms with Crippen molar-refractivity contribution in [2.24, 2.45) is 52.3 Å². The molecule has 4 aliphatic carbocycles. The molecule has 62 heavy (non-hydrogen) atoms. The summed E-state index contributed by atoms with van der Waals surface area (Å²) in [4.78, 5) is 14.7. The van der Waals surface area contributed by atoms with Crippen LogP contribution < -0.4 is 0 Å². The van der Waals surface area contributed by atoms with Gasteiger partial charge >= 0.3 is 0 Å². The Morgan fingerprint density at radius 3 is 2.10 bits per heavy atom. The Bertz CT molecular complexity index is 1600. The molecule has 4 saturated carbocycles. The maximum absolute atomic E-state index is 14.7. The number of fused-ring (bicyclic) bond motifs is 7. The first-order chi connectivity index (χ1) is 29.4.